The molecule has 0 heterocycles. The van der Waals surface area contributed by atoms with Gasteiger partial charge in [0.05, 0.1) is 14.2 Å². The molecular formula is C21H24N2O4. The highest BCUT2D eigenvalue weighted by Crippen LogP contribution is 2.38. The normalized spacial score (nSPS) is 17.7. The van der Waals surface area contributed by atoms with Gasteiger partial charge in [-0.25, -0.2) is 0 Å². The van der Waals surface area contributed by atoms with E-state index < -0.39 is 0 Å². The van der Waals surface area contributed by atoms with Crippen molar-refractivity contribution >= 4 is 17.5 Å². The minimum absolute atomic E-state index is 0.0478. The van der Waals surface area contributed by atoms with E-state index in [1.165, 1.54) is 0 Å². The van der Waals surface area contributed by atoms with Crippen LogP contribution in [-0.2, 0) is 11.3 Å². The number of methoxy groups -OCH3 is 2. The third kappa shape index (κ3) is 4.78. The molecule has 1 aliphatic carbocycles. The van der Waals surface area contributed by atoms with Crippen molar-refractivity contribution in [2.75, 3.05) is 19.5 Å². The van der Waals surface area contributed by atoms with Crippen LogP contribution in [0, 0.1) is 11.8 Å². The van der Waals surface area contributed by atoms with Crippen LogP contribution in [0.25, 0.3) is 0 Å². The fourth-order valence-electron chi connectivity index (χ4n) is 2.88. The fourth-order valence-corrected chi connectivity index (χ4v) is 2.88. The molecule has 2 N–H and O–H groups in total. The Kier molecular flexibility index (Phi) is 5.64. The van der Waals surface area contributed by atoms with Crippen LogP contribution < -0.4 is 20.1 Å². The van der Waals surface area contributed by atoms with Crippen LogP contribution in [0.15, 0.2) is 42.5 Å². The second-order valence-electron chi connectivity index (χ2n) is 6.79. The lowest BCUT2D eigenvalue weighted by Gasteiger charge is -2.10. The Morgan fingerprint density at radius 2 is 1.63 bits per heavy atom. The first-order valence-electron chi connectivity index (χ1n) is 8.91. The van der Waals surface area contributed by atoms with E-state index in [0.29, 0.717) is 35.2 Å². The molecule has 0 aliphatic heterocycles. The van der Waals surface area contributed by atoms with E-state index in [-0.39, 0.29) is 17.7 Å². The molecule has 2 aromatic carbocycles. The van der Waals surface area contributed by atoms with Crippen molar-refractivity contribution in [2.24, 2.45) is 11.8 Å². The molecule has 0 saturated heterocycles. The number of benzene rings is 2. The highest BCUT2D eigenvalue weighted by atomic mass is 16.5. The Morgan fingerprint density at radius 1 is 1.04 bits per heavy atom. The Bertz CT molecular complexity index is 810. The van der Waals surface area contributed by atoms with E-state index in [0.717, 1.165) is 12.0 Å². The molecule has 3 rings (SSSR count). The number of rotatable bonds is 7. The van der Waals surface area contributed by atoms with Gasteiger partial charge in [0.1, 0.15) is 11.5 Å². The van der Waals surface area contributed by atoms with Crippen LogP contribution in [0.5, 0.6) is 11.5 Å². The van der Waals surface area contributed by atoms with Gasteiger partial charge in [-0.05, 0) is 54.3 Å². The summed E-state index contributed by atoms with van der Waals surface area (Å²) in [4.78, 5) is 24.3. The third-order valence-corrected chi connectivity index (χ3v) is 4.73. The average molecular weight is 368 g/mol. The number of amides is 2. The lowest BCUT2D eigenvalue weighted by Crippen LogP contribution is -2.23. The van der Waals surface area contributed by atoms with Crippen LogP contribution in [0.4, 0.5) is 5.69 Å². The largest absolute Gasteiger partial charge is 0.497 e. The minimum Gasteiger partial charge on any atom is -0.497 e. The predicted octanol–water partition coefficient (Wildman–Crippen LogP) is 3.23. The van der Waals surface area contributed by atoms with Crippen molar-refractivity contribution in [3.05, 3.63) is 53.6 Å². The third-order valence-electron chi connectivity index (χ3n) is 4.73. The van der Waals surface area contributed by atoms with Crippen LogP contribution >= 0.6 is 0 Å². The molecule has 2 aromatic rings. The molecule has 2 amide bonds. The molecule has 1 saturated carbocycles. The first kappa shape index (κ1) is 18.8. The summed E-state index contributed by atoms with van der Waals surface area (Å²) < 4.78 is 10.5. The first-order valence-corrected chi connectivity index (χ1v) is 8.91. The van der Waals surface area contributed by atoms with E-state index in [1.54, 1.807) is 44.6 Å². The van der Waals surface area contributed by atoms with E-state index in [1.807, 2.05) is 12.1 Å². The maximum Gasteiger partial charge on any atom is 0.251 e. The van der Waals surface area contributed by atoms with Gasteiger partial charge >= 0.3 is 0 Å². The molecule has 2 unspecified atom stereocenters. The molecule has 1 aliphatic rings. The Balaban J connectivity index is 1.57. The molecule has 0 radical (unpaired) electrons. The van der Waals surface area contributed by atoms with Gasteiger partial charge in [-0.1, -0.05) is 6.92 Å². The van der Waals surface area contributed by atoms with Gasteiger partial charge in [0.15, 0.2) is 0 Å². The Morgan fingerprint density at radius 3 is 2.15 bits per heavy atom. The van der Waals surface area contributed by atoms with Crippen molar-refractivity contribution in [2.45, 2.75) is 19.9 Å². The number of hydrogen-bond acceptors (Lipinski definition) is 4. The molecule has 0 bridgehead atoms. The van der Waals surface area contributed by atoms with Gasteiger partial charge in [0, 0.05) is 29.8 Å². The molecule has 27 heavy (non-hydrogen) atoms. The summed E-state index contributed by atoms with van der Waals surface area (Å²) in [5, 5.41) is 5.76. The van der Waals surface area contributed by atoms with Crippen molar-refractivity contribution in [1.82, 2.24) is 5.32 Å². The zero-order valence-electron chi connectivity index (χ0n) is 15.7. The number of nitrogens with one attached hydrogen (secondary N) is 2. The molecule has 142 valence electrons. The quantitative estimate of drug-likeness (QED) is 0.787. The highest BCUT2D eigenvalue weighted by Gasteiger charge is 2.39. The summed E-state index contributed by atoms with van der Waals surface area (Å²) in [6.07, 6.45) is 0.946. The summed E-state index contributed by atoms with van der Waals surface area (Å²) in [6.45, 7) is 2.42. The van der Waals surface area contributed by atoms with Gasteiger partial charge in [-0.15, -0.1) is 0 Å². The van der Waals surface area contributed by atoms with Crippen LogP contribution in [0.1, 0.15) is 29.3 Å². The summed E-state index contributed by atoms with van der Waals surface area (Å²) in [6, 6.07) is 12.4. The zero-order valence-corrected chi connectivity index (χ0v) is 15.7. The Hall–Kier alpha value is -3.02. The summed E-state index contributed by atoms with van der Waals surface area (Å²) in [5.74, 6) is 1.78. The predicted molar refractivity (Wildman–Crippen MR) is 103 cm³/mol. The molecule has 2 atom stereocenters. The minimum atomic E-state index is -0.189. The molecule has 1 fully saturated rings. The average Bonchev–Trinajstić information content (AvgIpc) is 3.43. The van der Waals surface area contributed by atoms with Crippen molar-refractivity contribution < 1.29 is 19.1 Å². The molecule has 0 aromatic heterocycles. The lowest BCUT2D eigenvalue weighted by molar-refractivity contribution is -0.117. The summed E-state index contributed by atoms with van der Waals surface area (Å²) >= 11 is 0. The van der Waals surface area contributed by atoms with Crippen LogP contribution in [-0.4, -0.2) is 26.0 Å². The van der Waals surface area contributed by atoms with E-state index in [2.05, 4.69) is 17.6 Å². The van der Waals surface area contributed by atoms with Gasteiger partial charge in [-0.2, -0.15) is 0 Å². The van der Waals surface area contributed by atoms with Crippen molar-refractivity contribution in [3.63, 3.8) is 0 Å². The first-order chi connectivity index (χ1) is 13.0. The maximum atomic E-state index is 12.4. The van der Waals surface area contributed by atoms with Gasteiger partial charge in [-0.3, -0.25) is 9.59 Å². The van der Waals surface area contributed by atoms with Crippen molar-refractivity contribution in [3.8, 4) is 11.5 Å². The molecule has 6 nitrogen and oxygen atoms in total. The molecular weight excluding hydrogens is 344 g/mol. The zero-order chi connectivity index (χ0) is 19.4. The van der Waals surface area contributed by atoms with Crippen LogP contribution in [0.3, 0.4) is 0 Å². The highest BCUT2D eigenvalue weighted by molar-refractivity contribution is 5.96. The second kappa shape index (κ2) is 8.12. The van der Waals surface area contributed by atoms with Crippen molar-refractivity contribution in [1.29, 1.82) is 0 Å². The fraction of sp³-hybridized carbons (Fsp3) is 0.333. The van der Waals surface area contributed by atoms with E-state index >= 15 is 0 Å². The summed E-state index contributed by atoms with van der Waals surface area (Å²) in [5.41, 5.74) is 2.11. The summed E-state index contributed by atoms with van der Waals surface area (Å²) in [7, 11) is 3.17. The second-order valence-corrected chi connectivity index (χ2v) is 6.79. The van der Waals surface area contributed by atoms with Gasteiger partial charge in [0.2, 0.25) is 5.91 Å². The van der Waals surface area contributed by atoms with Gasteiger partial charge in [0.25, 0.3) is 5.91 Å². The smallest absolute Gasteiger partial charge is 0.251 e. The van der Waals surface area contributed by atoms with Gasteiger partial charge < -0.3 is 20.1 Å². The Labute approximate surface area is 158 Å². The standard InChI is InChI=1S/C21H24N2O4/c1-13-8-19(13)21(25)23-16-6-4-15(5-7-16)20(24)22-12-14-9-17(26-2)11-18(10-14)27-3/h4-7,9-11,13,19H,8,12H2,1-3H3,(H,22,24)(H,23,25). The lowest BCUT2D eigenvalue weighted by atomic mass is 10.1. The molecule has 6 heteroatoms. The number of hydrogen-bond donors (Lipinski definition) is 2. The number of anilines is 1. The SMILES string of the molecule is COc1cc(CNC(=O)c2ccc(NC(=O)C3CC3C)cc2)cc(OC)c1. The molecule has 0 spiro atoms. The monoisotopic (exact) mass is 368 g/mol. The van der Waals surface area contributed by atoms with E-state index in [4.69, 9.17) is 9.47 Å². The number of ether oxygens (including phenoxy) is 2. The van der Waals surface area contributed by atoms with Crippen LogP contribution in [0.2, 0.25) is 0 Å². The topological polar surface area (TPSA) is 76.7 Å². The maximum absolute atomic E-state index is 12.4. The van der Waals surface area contributed by atoms with E-state index in [9.17, 15) is 9.59 Å². The number of carbonyl (C=O) groups is 2. The number of carbonyl (C=O) groups excluding carboxylic acids is 2.